The Morgan fingerprint density at radius 2 is 1.95 bits per heavy atom. The molecule has 0 aromatic carbocycles. The van der Waals surface area contributed by atoms with Crippen molar-refractivity contribution in [3.8, 4) is 0 Å². The zero-order valence-electron chi connectivity index (χ0n) is 13.6. The normalized spacial score (nSPS) is 18.3. The third kappa shape index (κ3) is 3.64. The number of aromatic nitrogens is 2. The highest BCUT2D eigenvalue weighted by Crippen LogP contribution is 2.32. The van der Waals surface area contributed by atoms with Crippen LogP contribution >= 0.6 is 0 Å². The van der Waals surface area contributed by atoms with Crippen molar-refractivity contribution >= 4 is 0 Å². The number of hydrogen-bond donors (Lipinski definition) is 1. The molecule has 1 fully saturated rings. The monoisotopic (exact) mass is 295 g/mol. The molecular weight excluding hydrogens is 266 g/mol. The van der Waals surface area contributed by atoms with Gasteiger partial charge in [-0.15, -0.1) is 0 Å². The zero-order chi connectivity index (χ0) is 15.3. The van der Waals surface area contributed by atoms with E-state index in [0.29, 0.717) is 30.7 Å². The Morgan fingerprint density at radius 3 is 2.52 bits per heavy atom. The number of ether oxygens (including phenoxy) is 1. The van der Waals surface area contributed by atoms with Gasteiger partial charge in [0, 0.05) is 19.1 Å². The molecule has 2 N–H and O–H groups in total. The highest BCUT2D eigenvalue weighted by molar-refractivity contribution is 5.02. The molecule has 2 rings (SSSR count). The van der Waals surface area contributed by atoms with Crippen molar-refractivity contribution in [3.63, 3.8) is 0 Å². The molecule has 5 nitrogen and oxygen atoms in total. The Labute approximate surface area is 127 Å². The fourth-order valence-electron chi connectivity index (χ4n) is 3.39. The van der Waals surface area contributed by atoms with Crippen LogP contribution in [0.1, 0.15) is 71.0 Å². The van der Waals surface area contributed by atoms with Crippen molar-refractivity contribution in [1.29, 1.82) is 0 Å². The summed E-state index contributed by atoms with van der Waals surface area (Å²) in [6, 6.07) is 0.130. The second-order valence-electron chi connectivity index (χ2n) is 6.06. The van der Waals surface area contributed by atoms with Gasteiger partial charge < -0.3 is 15.0 Å². The second kappa shape index (κ2) is 7.36. The third-order valence-electron chi connectivity index (χ3n) is 4.85. The predicted molar refractivity (Wildman–Crippen MR) is 81.8 cm³/mol. The van der Waals surface area contributed by atoms with E-state index in [2.05, 4.69) is 24.0 Å². The van der Waals surface area contributed by atoms with Crippen LogP contribution in [0.3, 0.4) is 0 Å². The second-order valence-corrected chi connectivity index (χ2v) is 6.06. The van der Waals surface area contributed by atoms with E-state index >= 15 is 0 Å². The van der Waals surface area contributed by atoms with Gasteiger partial charge in [0.25, 0.3) is 0 Å². The van der Waals surface area contributed by atoms with E-state index in [0.717, 1.165) is 12.8 Å². The summed E-state index contributed by atoms with van der Waals surface area (Å²) in [6.07, 6.45) is 7.41. The van der Waals surface area contributed by atoms with Gasteiger partial charge >= 0.3 is 0 Å². The van der Waals surface area contributed by atoms with Gasteiger partial charge in [-0.3, -0.25) is 0 Å². The van der Waals surface area contributed by atoms with Crippen LogP contribution in [0.15, 0.2) is 4.52 Å². The van der Waals surface area contributed by atoms with Gasteiger partial charge in [-0.2, -0.15) is 4.98 Å². The number of nitrogens with two attached hydrogens (primary N) is 1. The van der Waals surface area contributed by atoms with Crippen LogP contribution < -0.4 is 5.73 Å². The van der Waals surface area contributed by atoms with E-state index in [1.807, 2.05) is 6.92 Å². The molecule has 0 spiro atoms. The van der Waals surface area contributed by atoms with Gasteiger partial charge in [-0.05, 0) is 38.5 Å². The molecule has 1 saturated carbocycles. The molecule has 21 heavy (non-hydrogen) atoms. The molecular formula is C16H29N3O2. The van der Waals surface area contributed by atoms with Crippen LogP contribution in [0, 0.1) is 5.92 Å². The fraction of sp³-hybridized carbons (Fsp3) is 0.875. The van der Waals surface area contributed by atoms with Crippen molar-refractivity contribution in [2.24, 2.45) is 11.7 Å². The van der Waals surface area contributed by atoms with Crippen molar-refractivity contribution in [2.75, 3.05) is 6.61 Å². The first-order chi connectivity index (χ1) is 10.1. The molecule has 1 heterocycles. The van der Waals surface area contributed by atoms with Crippen molar-refractivity contribution in [1.82, 2.24) is 10.1 Å². The highest BCUT2D eigenvalue weighted by Gasteiger charge is 2.35. The maximum absolute atomic E-state index is 6.29. The molecule has 1 aliphatic rings. The molecule has 0 bridgehead atoms. The Bertz CT molecular complexity index is 423. The molecule has 0 amide bonds. The molecule has 0 aliphatic heterocycles. The van der Waals surface area contributed by atoms with E-state index in [9.17, 15) is 0 Å². The fourth-order valence-corrected chi connectivity index (χ4v) is 3.39. The molecule has 1 aromatic heterocycles. The highest BCUT2D eigenvalue weighted by atomic mass is 16.5. The first-order valence-electron chi connectivity index (χ1n) is 8.37. The average molecular weight is 295 g/mol. The third-order valence-corrected chi connectivity index (χ3v) is 4.85. The van der Waals surface area contributed by atoms with Crippen molar-refractivity contribution in [2.45, 2.75) is 77.4 Å². The maximum atomic E-state index is 6.29. The van der Waals surface area contributed by atoms with Crippen LogP contribution in [-0.2, 0) is 16.8 Å². The summed E-state index contributed by atoms with van der Waals surface area (Å²) >= 11 is 0. The van der Waals surface area contributed by atoms with Crippen LogP contribution in [0.2, 0.25) is 0 Å². The van der Waals surface area contributed by atoms with E-state index in [-0.39, 0.29) is 6.04 Å². The molecule has 120 valence electrons. The summed E-state index contributed by atoms with van der Waals surface area (Å²) in [5.74, 6) is 1.92. The first kappa shape index (κ1) is 16.4. The molecule has 1 unspecified atom stereocenters. The van der Waals surface area contributed by atoms with Gasteiger partial charge in [0.05, 0.1) is 0 Å². The maximum Gasteiger partial charge on any atom is 0.228 e. The minimum absolute atomic E-state index is 0.130. The average Bonchev–Trinajstić information content (AvgIpc) is 3.16. The largest absolute Gasteiger partial charge is 0.367 e. The zero-order valence-corrected chi connectivity index (χ0v) is 13.6. The van der Waals surface area contributed by atoms with E-state index < -0.39 is 5.60 Å². The van der Waals surface area contributed by atoms with Crippen molar-refractivity contribution < 1.29 is 9.26 Å². The van der Waals surface area contributed by atoms with E-state index in [4.69, 9.17) is 15.0 Å². The number of nitrogens with zero attached hydrogens (tertiary/aromatic N) is 2. The lowest BCUT2D eigenvalue weighted by Gasteiger charge is -2.27. The Hall–Kier alpha value is -0.940. The molecule has 1 aliphatic carbocycles. The topological polar surface area (TPSA) is 74.2 Å². The SMILES string of the molecule is CCOC(CC)(CC)c1noc(CC(N)C2CCCC2)n1. The summed E-state index contributed by atoms with van der Waals surface area (Å²) in [5, 5.41) is 4.16. The molecule has 5 heteroatoms. The lowest BCUT2D eigenvalue weighted by Crippen LogP contribution is -2.31. The molecule has 1 atom stereocenters. The first-order valence-corrected chi connectivity index (χ1v) is 8.37. The van der Waals surface area contributed by atoms with E-state index in [1.54, 1.807) is 0 Å². The van der Waals surface area contributed by atoms with Gasteiger partial charge in [0.1, 0.15) is 5.60 Å². The quantitative estimate of drug-likeness (QED) is 0.797. The smallest absolute Gasteiger partial charge is 0.228 e. The summed E-state index contributed by atoms with van der Waals surface area (Å²) in [5.41, 5.74) is 5.87. The number of hydrogen-bond acceptors (Lipinski definition) is 5. The Morgan fingerprint density at radius 1 is 1.29 bits per heavy atom. The summed E-state index contributed by atoms with van der Waals surface area (Å²) in [6.45, 7) is 6.84. The van der Waals surface area contributed by atoms with Crippen molar-refractivity contribution in [3.05, 3.63) is 11.7 Å². The van der Waals surface area contributed by atoms with Crippen LogP contribution in [-0.4, -0.2) is 22.8 Å². The van der Waals surface area contributed by atoms with Gasteiger partial charge in [-0.25, -0.2) is 0 Å². The lowest BCUT2D eigenvalue weighted by molar-refractivity contribution is -0.0583. The predicted octanol–water partition coefficient (Wildman–Crippen LogP) is 3.18. The van der Waals surface area contributed by atoms with Crippen LogP contribution in [0.4, 0.5) is 0 Å². The molecule has 0 saturated heterocycles. The lowest BCUT2D eigenvalue weighted by atomic mass is 9.95. The van der Waals surface area contributed by atoms with Gasteiger partial charge in [-0.1, -0.05) is 31.8 Å². The minimum atomic E-state index is -0.423. The number of rotatable bonds is 8. The molecule has 1 aromatic rings. The minimum Gasteiger partial charge on any atom is -0.367 e. The summed E-state index contributed by atoms with van der Waals surface area (Å²) < 4.78 is 11.3. The molecule has 0 radical (unpaired) electrons. The Kier molecular flexibility index (Phi) is 5.76. The van der Waals surface area contributed by atoms with Crippen LogP contribution in [0.25, 0.3) is 0 Å². The summed E-state index contributed by atoms with van der Waals surface area (Å²) in [4.78, 5) is 4.57. The summed E-state index contributed by atoms with van der Waals surface area (Å²) in [7, 11) is 0. The Balaban J connectivity index is 2.05. The van der Waals surface area contributed by atoms with Crippen LogP contribution in [0.5, 0.6) is 0 Å². The van der Waals surface area contributed by atoms with E-state index in [1.165, 1.54) is 25.7 Å². The van der Waals surface area contributed by atoms with Gasteiger partial charge in [0.15, 0.2) is 0 Å². The standard InChI is InChI=1S/C16H29N3O2/c1-4-16(5-2,20-6-3)15-18-14(21-19-15)11-13(17)12-9-7-8-10-12/h12-13H,4-11,17H2,1-3H3. The van der Waals surface area contributed by atoms with Gasteiger partial charge in [0.2, 0.25) is 11.7 Å².